The summed E-state index contributed by atoms with van der Waals surface area (Å²) in [6.07, 6.45) is -2.78. The number of hydrogen-bond acceptors (Lipinski definition) is 2. The molecule has 0 saturated heterocycles. The van der Waals surface area contributed by atoms with Crippen molar-refractivity contribution in [2.24, 2.45) is 0 Å². The molecular weight excluding hydrogens is 286 g/mol. The molecule has 0 bridgehead atoms. The van der Waals surface area contributed by atoms with Crippen LogP contribution in [0.25, 0.3) is 11.3 Å². The molecule has 1 aromatic heterocycles. The number of aromatic nitrogens is 2. The Morgan fingerprint density at radius 1 is 1.29 bits per heavy atom. The maximum Gasteiger partial charge on any atom is 0.419 e. The van der Waals surface area contributed by atoms with Gasteiger partial charge in [-0.05, 0) is 38.0 Å². The van der Waals surface area contributed by atoms with Gasteiger partial charge in [-0.3, -0.25) is 0 Å². The Kier molecular flexibility index (Phi) is 2.96. The smallest absolute Gasteiger partial charge is 0.383 e. The van der Waals surface area contributed by atoms with Crippen LogP contribution in [-0.4, -0.2) is 9.55 Å². The van der Waals surface area contributed by atoms with Crippen LogP contribution in [0.4, 0.5) is 23.4 Å². The van der Waals surface area contributed by atoms with Crippen molar-refractivity contribution in [2.45, 2.75) is 32.0 Å². The zero-order valence-corrected chi connectivity index (χ0v) is 11.2. The average Bonchev–Trinajstić information content (AvgIpc) is 3.16. The van der Waals surface area contributed by atoms with E-state index in [0.29, 0.717) is 11.6 Å². The minimum atomic E-state index is -4.75. The lowest BCUT2D eigenvalue weighted by Gasteiger charge is -2.10. The summed E-state index contributed by atoms with van der Waals surface area (Å²) in [5, 5.41) is 0. The lowest BCUT2D eigenvalue weighted by molar-refractivity contribution is -0.139. The molecule has 1 aliphatic rings. The molecule has 112 valence electrons. The summed E-state index contributed by atoms with van der Waals surface area (Å²) in [5.74, 6) is -0.319. The molecule has 3 nitrogen and oxygen atoms in total. The van der Waals surface area contributed by atoms with Crippen molar-refractivity contribution >= 4 is 5.82 Å². The van der Waals surface area contributed by atoms with Crippen LogP contribution in [0.2, 0.25) is 0 Å². The maximum atomic E-state index is 13.3. The first-order valence-corrected chi connectivity index (χ1v) is 6.50. The van der Waals surface area contributed by atoms with Crippen LogP contribution in [0.3, 0.4) is 0 Å². The van der Waals surface area contributed by atoms with E-state index in [-0.39, 0.29) is 17.3 Å². The fraction of sp³-hybridized carbons (Fsp3) is 0.357. The number of aryl methyl sites for hydroxylation is 1. The van der Waals surface area contributed by atoms with Crippen molar-refractivity contribution < 1.29 is 17.6 Å². The molecule has 21 heavy (non-hydrogen) atoms. The average molecular weight is 299 g/mol. The molecule has 3 rings (SSSR count). The summed E-state index contributed by atoms with van der Waals surface area (Å²) in [4.78, 5) is 4.24. The van der Waals surface area contributed by atoms with E-state index in [1.54, 1.807) is 6.92 Å². The summed E-state index contributed by atoms with van der Waals surface area (Å²) in [7, 11) is 0. The zero-order chi connectivity index (χ0) is 15.4. The van der Waals surface area contributed by atoms with Crippen molar-refractivity contribution in [1.82, 2.24) is 9.55 Å². The molecule has 1 aliphatic carbocycles. The molecule has 0 radical (unpaired) electrons. The van der Waals surface area contributed by atoms with Crippen LogP contribution < -0.4 is 5.73 Å². The van der Waals surface area contributed by atoms with Gasteiger partial charge in [-0.1, -0.05) is 0 Å². The summed E-state index contributed by atoms with van der Waals surface area (Å²) in [5.41, 5.74) is 5.13. The van der Waals surface area contributed by atoms with Crippen molar-refractivity contribution in [3.8, 4) is 11.3 Å². The lowest BCUT2D eigenvalue weighted by Crippen LogP contribution is -2.08. The first-order chi connectivity index (χ1) is 9.79. The fourth-order valence-electron chi connectivity index (χ4n) is 2.46. The number of nitrogen functional groups attached to an aromatic ring is 1. The first kappa shape index (κ1) is 13.9. The van der Waals surface area contributed by atoms with Gasteiger partial charge in [-0.2, -0.15) is 13.2 Å². The third-order valence-electron chi connectivity index (χ3n) is 3.58. The standard InChI is InChI=1S/C14H13F4N3/c1-7-20-12(13(19)21(7)9-3-4-9)8-2-5-11(15)10(6-8)14(16,17)18/h2,5-6,9H,3-4,19H2,1H3. The number of rotatable bonds is 2. The molecule has 2 N–H and O–H groups in total. The topological polar surface area (TPSA) is 43.8 Å². The summed E-state index contributed by atoms with van der Waals surface area (Å²) < 4.78 is 53.5. The van der Waals surface area contributed by atoms with E-state index in [1.165, 1.54) is 6.07 Å². The first-order valence-electron chi connectivity index (χ1n) is 6.50. The second kappa shape index (κ2) is 4.47. The van der Waals surface area contributed by atoms with Gasteiger partial charge < -0.3 is 10.3 Å². The second-order valence-corrected chi connectivity index (χ2v) is 5.19. The van der Waals surface area contributed by atoms with Gasteiger partial charge in [-0.25, -0.2) is 9.37 Å². The molecule has 1 aromatic carbocycles. The molecular formula is C14H13F4N3. The molecule has 1 heterocycles. The Morgan fingerprint density at radius 2 is 1.95 bits per heavy atom. The highest BCUT2D eigenvalue weighted by molar-refractivity contribution is 5.72. The Morgan fingerprint density at radius 3 is 2.52 bits per heavy atom. The largest absolute Gasteiger partial charge is 0.419 e. The van der Waals surface area contributed by atoms with Crippen molar-refractivity contribution in [3.05, 3.63) is 35.4 Å². The molecule has 0 aliphatic heterocycles. The minimum Gasteiger partial charge on any atom is -0.383 e. The summed E-state index contributed by atoms with van der Waals surface area (Å²) in [6.45, 7) is 1.76. The van der Waals surface area contributed by atoms with Crippen molar-refractivity contribution in [2.75, 3.05) is 5.73 Å². The number of nitrogens with two attached hydrogens (primary N) is 1. The van der Waals surface area contributed by atoms with Crippen molar-refractivity contribution in [3.63, 3.8) is 0 Å². The predicted molar refractivity (Wildman–Crippen MR) is 70.0 cm³/mol. The summed E-state index contributed by atoms with van der Waals surface area (Å²) in [6, 6.07) is 3.09. The zero-order valence-electron chi connectivity index (χ0n) is 11.2. The molecule has 1 saturated carbocycles. The van der Waals surface area contributed by atoms with Gasteiger partial charge in [0.2, 0.25) is 0 Å². The number of anilines is 1. The third-order valence-corrected chi connectivity index (χ3v) is 3.58. The molecule has 0 atom stereocenters. The van der Waals surface area contributed by atoms with Gasteiger partial charge in [0.1, 0.15) is 23.2 Å². The van der Waals surface area contributed by atoms with Gasteiger partial charge in [0.25, 0.3) is 0 Å². The van der Waals surface area contributed by atoms with Crippen LogP contribution in [0.15, 0.2) is 18.2 Å². The van der Waals surface area contributed by atoms with Gasteiger partial charge in [0.05, 0.1) is 5.56 Å². The Balaban J connectivity index is 2.11. The molecule has 7 heteroatoms. The highest BCUT2D eigenvalue weighted by Gasteiger charge is 2.35. The van der Waals surface area contributed by atoms with E-state index in [2.05, 4.69) is 4.98 Å². The van der Waals surface area contributed by atoms with E-state index < -0.39 is 17.6 Å². The summed E-state index contributed by atoms with van der Waals surface area (Å²) >= 11 is 0. The Labute approximate surface area is 118 Å². The Bertz CT molecular complexity index is 699. The SMILES string of the molecule is Cc1nc(-c2ccc(F)c(C(F)(F)F)c2)c(N)n1C1CC1. The van der Waals surface area contributed by atoms with E-state index in [0.717, 1.165) is 25.0 Å². The van der Waals surface area contributed by atoms with Crippen molar-refractivity contribution in [1.29, 1.82) is 0 Å². The van der Waals surface area contributed by atoms with E-state index in [4.69, 9.17) is 5.73 Å². The minimum absolute atomic E-state index is 0.170. The van der Waals surface area contributed by atoms with E-state index >= 15 is 0 Å². The number of benzene rings is 1. The molecule has 0 unspecified atom stereocenters. The third kappa shape index (κ3) is 2.36. The quantitative estimate of drug-likeness (QED) is 0.854. The predicted octanol–water partition coefficient (Wildman–Crippen LogP) is 3.93. The van der Waals surface area contributed by atoms with Gasteiger partial charge in [0, 0.05) is 11.6 Å². The number of alkyl halides is 3. The van der Waals surface area contributed by atoms with Crippen LogP contribution in [0.1, 0.15) is 30.3 Å². The van der Waals surface area contributed by atoms with Gasteiger partial charge in [0.15, 0.2) is 0 Å². The molecule has 1 fully saturated rings. The monoisotopic (exact) mass is 299 g/mol. The maximum absolute atomic E-state index is 13.3. The molecule has 0 spiro atoms. The highest BCUT2D eigenvalue weighted by atomic mass is 19.4. The molecule has 0 amide bonds. The van der Waals surface area contributed by atoms with Crippen LogP contribution in [-0.2, 0) is 6.18 Å². The Hall–Kier alpha value is -2.05. The fourth-order valence-corrected chi connectivity index (χ4v) is 2.46. The van der Waals surface area contributed by atoms with Gasteiger partial charge >= 0.3 is 6.18 Å². The highest BCUT2D eigenvalue weighted by Crippen LogP contribution is 2.41. The second-order valence-electron chi connectivity index (χ2n) is 5.19. The van der Waals surface area contributed by atoms with E-state index in [9.17, 15) is 17.6 Å². The van der Waals surface area contributed by atoms with Crippen LogP contribution in [0.5, 0.6) is 0 Å². The number of imidazole rings is 1. The lowest BCUT2D eigenvalue weighted by atomic mass is 10.1. The number of nitrogens with zero attached hydrogens (tertiary/aromatic N) is 2. The van der Waals surface area contributed by atoms with E-state index in [1.807, 2.05) is 4.57 Å². The van der Waals surface area contributed by atoms with Crippen LogP contribution in [0, 0.1) is 12.7 Å². The van der Waals surface area contributed by atoms with Crippen LogP contribution >= 0.6 is 0 Å². The van der Waals surface area contributed by atoms with Gasteiger partial charge in [-0.15, -0.1) is 0 Å². The normalized spacial score (nSPS) is 15.5. The molecule has 2 aromatic rings. The number of hydrogen-bond donors (Lipinski definition) is 1. The number of halogens is 4.